The van der Waals surface area contributed by atoms with Crippen LogP contribution >= 0.6 is 0 Å². The second kappa shape index (κ2) is 3.33. The van der Waals surface area contributed by atoms with Crippen LogP contribution in [-0.2, 0) is 0 Å². The number of hydrogen-bond acceptors (Lipinski definition) is 3. The zero-order valence-electron chi connectivity index (χ0n) is 7.25. The highest BCUT2D eigenvalue weighted by molar-refractivity contribution is 5.83. The number of carboxylic acids is 1. The van der Waals surface area contributed by atoms with Crippen molar-refractivity contribution < 1.29 is 9.90 Å². The van der Waals surface area contributed by atoms with E-state index in [-0.39, 0.29) is 5.69 Å². The summed E-state index contributed by atoms with van der Waals surface area (Å²) in [6.07, 6.45) is 5.10. The van der Waals surface area contributed by atoms with Gasteiger partial charge in [0.1, 0.15) is 0 Å². The van der Waals surface area contributed by atoms with Crippen molar-refractivity contribution in [2.75, 3.05) is 0 Å². The first-order valence-electron chi connectivity index (χ1n) is 4.08. The monoisotopic (exact) mass is 187 g/mol. The first kappa shape index (κ1) is 8.50. The van der Waals surface area contributed by atoms with Gasteiger partial charge in [0.25, 0.3) is 0 Å². The zero-order valence-corrected chi connectivity index (χ0v) is 7.25. The molecule has 0 unspecified atom stereocenters. The molecule has 2 aromatic heterocycles. The summed E-state index contributed by atoms with van der Waals surface area (Å²) < 4.78 is 1.80. The Morgan fingerprint density at radius 3 is 2.71 bits per heavy atom. The Morgan fingerprint density at radius 1 is 1.36 bits per heavy atom. The van der Waals surface area contributed by atoms with Crippen LogP contribution in [0.3, 0.4) is 0 Å². The third kappa shape index (κ3) is 1.50. The summed E-state index contributed by atoms with van der Waals surface area (Å²) in [4.78, 5) is 14.2. The van der Waals surface area contributed by atoms with Gasteiger partial charge in [-0.15, -0.1) is 0 Å². The molecule has 0 N–H and O–H groups in total. The minimum Gasteiger partial charge on any atom is -0.543 e. The molecule has 0 saturated heterocycles. The largest absolute Gasteiger partial charge is 0.543 e. The van der Waals surface area contributed by atoms with Crippen molar-refractivity contribution in [2.45, 2.75) is 0 Å². The number of hydrogen-bond donors (Lipinski definition) is 0. The molecular formula is C10H7N2O2-. The van der Waals surface area contributed by atoms with E-state index in [4.69, 9.17) is 0 Å². The Labute approximate surface area is 80.4 Å². The Kier molecular flexibility index (Phi) is 2.02. The summed E-state index contributed by atoms with van der Waals surface area (Å²) in [6.45, 7) is 0. The molecule has 2 rings (SSSR count). The molecule has 2 aromatic rings. The number of aromatic carboxylic acids is 1. The smallest absolute Gasteiger partial charge is 0.0900 e. The van der Waals surface area contributed by atoms with E-state index in [9.17, 15) is 9.90 Å². The maximum absolute atomic E-state index is 10.5. The molecule has 0 aliphatic heterocycles. The fourth-order valence-electron chi connectivity index (χ4n) is 1.20. The molecule has 0 bridgehead atoms. The van der Waals surface area contributed by atoms with Crippen molar-refractivity contribution in [1.82, 2.24) is 9.55 Å². The average Bonchev–Trinajstić information content (AvgIpc) is 2.71. The topological polar surface area (TPSA) is 57.9 Å². The highest BCUT2D eigenvalue weighted by Gasteiger charge is 1.98. The van der Waals surface area contributed by atoms with Crippen molar-refractivity contribution >= 4 is 5.97 Å². The molecule has 14 heavy (non-hydrogen) atoms. The normalized spacial score (nSPS) is 10.0. The van der Waals surface area contributed by atoms with Crippen LogP contribution in [-0.4, -0.2) is 15.5 Å². The fourth-order valence-corrected chi connectivity index (χ4v) is 1.20. The Hall–Kier alpha value is -2.10. The van der Waals surface area contributed by atoms with Crippen LogP contribution in [0.1, 0.15) is 10.5 Å². The lowest BCUT2D eigenvalue weighted by Gasteiger charge is -2.05. The predicted molar refractivity (Wildman–Crippen MR) is 47.9 cm³/mol. The van der Waals surface area contributed by atoms with Crippen LogP contribution in [0.4, 0.5) is 0 Å². The lowest BCUT2D eigenvalue weighted by molar-refractivity contribution is -0.255. The molecule has 70 valence electrons. The standard InChI is InChI=1S/C10H8N2O2/c13-10(14)9-7-8(3-4-11-9)12-5-1-2-6-12/h1-7H,(H,13,14)/p-1. The second-order valence-electron chi connectivity index (χ2n) is 2.78. The van der Waals surface area contributed by atoms with Gasteiger partial charge in [-0.1, -0.05) is 0 Å². The van der Waals surface area contributed by atoms with Crippen molar-refractivity contribution in [3.63, 3.8) is 0 Å². The highest BCUT2D eigenvalue weighted by atomic mass is 16.4. The summed E-state index contributed by atoms with van der Waals surface area (Å²) in [5.74, 6) is -1.26. The highest BCUT2D eigenvalue weighted by Crippen LogP contribution is 2.07. The van der Waals surface area contributed by atoms with Crippen molar-refractivity contribution in [3.05, 3.63) is 48.5 Å². The van der Waals surface area contributed by atoms with Crippen molar-refractivity contribution in [3.8, 4) is 5.69 Å². The number of carbonyl (C=O) groups is 1. The van der Waals surface area contributed by atoms with Gasteiger partial charge in [-0.2, -0.15) is 0 Å². The van der Waals surface area contributed by atoms with Crippen molar-refractivity contribution in [1.29, 1.82) is 0 Å². The van der Waals surface area contributed by atoms with Crippen LogP contribution in [0.25, 0.3) is 5.69 Å². The lowest BCUT2D eigenvalue weighted by atomic mass is 10.3. The molecule has 0 saturated carbocycles. The Bertz CT molecular complexity index is 449. The molecule has 0 radical (unpaired) electrons. The SMILES string of the molecule is O=C([O-])c1cc(-n2cccc2)ccn1. The number of aromatic nitrogens is 2. The van der Waals surface area contributed by atoms with E-state index in [0.29, 0.717) is 0 Å². The first-order valence-corrected chi connectivity index (χ1v) is 4.08. The van der Waals surface area contributed by atoms with Gasteiger partial charge in [0.15, 0.2) is 0 Å². The van der Waals surface area contributed by atoms with Gasteiger partial charge in [-0.3, -0.25) is 4.98 Å². The number of carbonyl (C=O) groups excluding carboxylic acids is 1. The number of rotatable bonds is 2. The third-order valence-corrected chi connectivity index (χ3v) is 1.86. The van der Waals surface area contributed by atoms with E-state index >= 15 is 0 Å². The van der Waals surface area contributed by atoms with Crippen LogP contribution < -0.4 is 5.11 Å². The number of carboxylic acid groups (broad SMARTS) is 1. The summed E-state index contributed by atoms with van der Waals surface area (Å²) in [5.41, 5.74) is 0.695. The molecule has 2 heterocycles. The van der Waals surface area contributed by atoms with E-state index in [2.05, 4.69) is 4.98 Å². The average molecular weight is 187 g/mol. The van der Waals surface area contributed by atoms with E-state index in [1.165, 1.54) is 12.3 Å². The second-order valence-corrected chi connectivity index (χ2v) is 2.78. The fraction of sp³-hybridized carbons (Fsp3) is 0. The van der Waals surface area contributed by atoms with Gasteiger partial charge in [-0.05, 0) is 24.3 Å². The Balaban J connectivity index is 2.46. The molecule has 0 aliphatic rings. The van der Waals surface area contributed by atoms with Gasteiger partial charge < -0.3 is 14.5 Å². The number of pyridine rings is 1. The molecular weight excluding hydrogens is 180 g/mol. The summed E-state index contributed by atoms with van der Waals surface area (Å²) in [6, 6.07) is 6.92. The molecule has 0 aliphatic carbocycles. The van der Waals surface area contributed by atoms with E-state index in [1.807, 2.05) is 24.5 Å². The molecule has 0 fully saturated rings. The van der Waals surface area contributed by atoms with E-state index < -0.39 is 5.97 Å². The molecule has 0 amide bonds. The van der Waals surface area contributed by atoms with E-state index in [1.54, 1.807) is 10.6 Å². The van der Waals surface area contributed by atoms with Gasteiger partial charge in [-0.25, -0.2) is 0 Å². The molecule has 0 aromatic carbocycles. The van der Waals surface area contributed by atoms with Gasteiger partial charge in [0.2, 0.25) is 0 Å². The summed E-state index contributed by atoms with van der Waals surface area (Å²) in [5, 5.41) is 10.5. The zero-order chi connectivity index (χ0) is 9.97. The minimum absolute atomic E-state index is 0.0591. The molecule has 0 spiro atoms. The maximum atomic E-state index is 10.5. The van der Waals surface area contributed by atoms with E-state index in [0.717, 1.165) is 5.69 Å². The Morgan fingerprint density at radius 2 is 2.07 bits per heavy atom. The van der Waals surface area contributed by atoms with Gasteiger partial charge >= 0.3 is 0 Å². The minimum atomic E-state index is -1.26. The molecule has 0 atom stereocenters. The molecule has 4 nitrogen and oxygen atoms in total. The summed E-state index contributed by atoms with van der Waals surface area (Å²) in [7, 11) is 0. The van der Waals surface area contributed by atoms with Crippen LogP contribution in [0.5, 0.6) is 0 Å². The summed E-state index contributed by atoms with van der Waals surface area (Å²) >= 11 is 0. The predicted octanol–water partition coefficient (Wildman–Crippen LogP) is 0.236. The first-order chi connectivity index (χ1) is 6.77. The third-order valence-electron chi connectivity index (χ3n) is 1.86. The van der Waals surface area contributed by atoms with Crippen LogP contribution in [0.2, 0.25) is 0 Å². The maximum Gasteiger partial charge on any atom is 0.0900 e. The quantitative estimate of drug-likeness (QED) is 0.676. The van der Waals surface area contributed by atoms with Crippen LogP contribution in [0, 0.1) is 0 Å². The number of nitrogens with zero attached hydrogens (tertiary/aromatic N) is 2. The van der Waals surface area contributed by atoms with Gasteiger partial charge in [0.05, 0.1) is 11.7 Å². The van der Waals surface area contributed by atoms with Gasteiger partial charge in [0, 0.05) is 24.3 Å². The lowest BCUT2D eigenvalue weighted by Crippen LogP contribution is -2.23. The molecule has 4 heteroatoms. The van der Waals surface area contributed by atoms with Crippen LogP contribution in [0.15, 0.2) is 42.9 Å². The van der Waals surface area contributed by atoms with Crippen molar-refractivity contribution in [2.24, 2.45) is 0 Å².